The van der Waals surface area contributed by atoms with Crippen LogP contribution in [0.4, 0.5) is 5.69 Å². The third-order valence-electron chi connectivity index (χ3n) is 3.49. The highest BCUT2D eigenvalue weighted by atomic mass is 16.5. The summed E-state index contributed by atoms with van der Waals surface area (Å²) in [4.78, 5) is 23.2. The van der Waals surface area contributed by atoms with E-state index in [-0.39, 0.29) is 11.1 Å². The molecule has 0 saturated heterocycles. The maximum absolute atomic E-state index is 12.3. The van der Waals surface area contributed by atoms with Gasteiger partial charge in [-0.2, -0.15) is 5.26 Å². The van der Waals surface area contributed by atoms with Gasteiger partial charge in [-0.25, -0.2) is 4.79 Å². The number of carboxylic acids is 1. The topological polar surface area (TPSA) is 109 Å². The van der Waals surface area contributed by atoms with Crippen molar-refractivity contribution in [2.24, 2.45) is 0 Å². The number of nitriles is 1. The van der Waals surface area contributed by atoms with Gasteiger partial charge in [-0.1, -0.05) is 0 Å². The van der Waals surface area contributed by atoms with Crippen LogP contribution in [-0.4, -0.2) is 31.2 Å². The van der Waals surface area contributed by atoms with E-state index < -0.39 is 11.9 Å². The molecule has 0 fully saturated rings. The summed E-state index contributed by atoms with van der Waals surface area (Å²) in [6, 6.07) is 12.5. The number of benzene rings is 2. The van der Waals surface area contributed by atoms with Gasteiger partial charge in [-0.15, -0.1) is 0 Å². The smallest absolute Gasteiger partial charge is 0.335 e. The van der Waals surface area contributed by atoms with Crippen molar-refractivity contribution in [3.8, 4) is 17.6 Å². The Morgan fingerprint density at radius 3 is 2.35 bits per heavy atom. The Hall–Kier alpha value is -3.79. The fourth-order valence-corrected chi connectivity index (χ4v) is 2.15. The van der Waals surface area contributed by atoms with Crippen molar-refractivity contribution in [1.29, 1.82) is 5.26 Å². The van der Waals surface area contributed by atoms with Crippen LogP contribution in [-0.2, 0) is 4.79 Å². The molecule has 2 rings (SSSR count). The maximum atomic E-state index is 12.3. The molecule has 1 amide bonds. The maximum Gasteiger partial charge on any atom is 0.335 e. The summed E-state index contributed by atoms with van der Waals surface area (Å²) in [5, 5.41) is 20.7. The number of ether oxygens (including phenoxy) is 2. The van der Waals surface area contributed by atoms with Crippen LogP contribution in [0.3, 0.4) is 0 Å². The molecule has 0 aliphatic rings. The molecule has 0 saturated carbocycles. The molecule has 0 spiro atoms. The van der Waals surface area contributed by atoms with Crippen LogP contribution in [0.1, 0.15) is 15.9 Å². The van der Waals surface area contributed by atoms with Crippen LogP contribution in [0.5, 0.6) is 11.5 Å². The molecule has 0 aromatic heterocycles. The van der Waals surface area contributed by atoms with Crippen molar-refractivity contribution in [1.82, 2.24) is 0 Å². The molecule has 2 N–H and O–H groups in total. The number of carbonyl (C=O) groups excluding carboxylic acids is 1. The quantitative estimate of drug-likeness (QED) is 0.611. The van der Waals surface area contributed by atoms with Gasteiger partial charge in [-0.3, -0.25) is 4.79 Å². The Morgan fingerprint density at radius 1 is 1.12 bits per heavy atom. The van der Waals surface area contributed by atoms with E-state index in [1.807, 2.05) is 6.07 Å². The van der Waals surface area contributed by atoms with Gasteiger partial charge in [-0.05, 0) is 48.5 Å². The van der Waals surface area contributed by atoms with E-state index in [1.54, 1.807) is 18.2 Å². The number of amides is 1. The third-order valence-corrected chi connectivity index (χ3v) is 3.49. The van der Waals surface area contributed by atoms with Crippen molar-refractivity contribution >= 4 is 23.6 Å². The minimum atomic E-state index is -1.06. The molecule has 132 valence electrons. The van der Waals surface area contributed by atoms with Gasteiger partial charge in [0.2, 0.25) is 0 Å². The lowest BCUT2D eigenvalue weighted by atomic mass is 10.1. The van der Waals surface area contributed by atoms with Crippen LogP contribution in [0.25, 0.3) is 6.08 Å². The van der Waals surface area contributed by atoms with Crippen molar-refractivity contribution in [3.63, 3.8) is 0 Å². The predicted octanol–water partition coefficient (Wildman–Crippen LogP) is 2.95. The fraction of sp³-hybridized carbons (Fsp3) is 0.105. The summed E-state index contributed by atoms with van der Waals surface area (Å²) in [6.07, 6.45) is 1.39. The molecule has 0 bridgehead atoms. The minimum absolute atomic E-state index is 0.0974. The Kier molecular flexibility index (Phi) is 5.96. The lowest BCUT2D eigenvalue weighted by Crippen LogP contribution is -2.13. The molecule has 7 heteroatoms. The molecule has 26 heavy (non-hydrogen) atoms. The average molecular weight is 352 g/mol. The van der Waals surface area contributed by atoms with E-state index in [0.717, 1.165) is 0 Å². The first-order valence-electron chi connectivity index (χ1n) is 7.47. The highest BCUT2D eigenvalue weighted by Crippen LogP contribution is 2.26. The van der Waals surface area contributed by atoms with Gasteiger partial charge in [0, 0.05) is 11.3 Å². The zero-order valence-corrected chi connectivity index (χ0v) is 14.1. The number of aromatic carboxylic acids is 1. The zero-order chi connectivity index (χ0) is 19.1. The number of methoxy groups -OCH3 is 2. The lowest BCUT2D eigenvalue weighted by molar-refractivity contribution is -0.112. The second-order valence-corrected chi connectivity index (χ2v) is 5.11. The number of rotatable bonds is 6. The van der Waals surface area contributed by atoms with Crippen molar-refractivity contribution in [2.45, 2.75) is 0 Å². The summed E-state index contributed by atoms with van der Waals surface area (Å²) in [7, 11) is 2.99. The van der Waals surface area contributed by atoms with Gasteiger partial charge in [0.1, 0.15) is 23.1 Å². The molecular formula is C19H16N2O5. The van der Waals surface area contributed by atoms with Crippen molar-refractivity contribution < 1.29 is 24.2 Å². The van der Waals surface area contributed by atoms with E-state index >= 15 is 0 Å². The average Bonchev–Trinajstić information content (AvgIpc) is 2.66. The number of anilines is 1. The molecule has 0 aliphatic carbocycles. The number of hydrogen-bond acceptors (Lipinski definition) is 5. The Balaban J connectivity index is 2.27. The van der Waals surface area contributed by atoms with E-state index in [2.05, 4.69) is 5.32 Å². The molecule has 0 radical (unpaired) electrons. The second kappa shape index (κ2) is 8.35. The number of nitrogens with zero attached hydrogens (tertiary/aromatic N) is 1. The SMILES string of the molecule is COc1ccc(OC)c(/C=C(\C#N)C(=O)Nc2ccc(C(=O)O)cc2)c1. The summed E-state index contributed by atoms with van der Waals surface area (Å²) in [6.45, 7) is 0. The van der Waals surface area contributed by atoms with Crippen LogP contribution in [0.2, 0.25) is 0 Å². The van der Waals surface area contributed by atoms with Crippen LogP contribution >= 0.6 is 0 Å². The first kappa shape index (κ1) is 18.5. The Morgan fingerprint density at radius 2 is 1.81 bits per heavy atom. The largest absolute Gasteiger partial charge is 0.497 e. The third kappa shape index (κ3) is 4.39. The molecular weight excluding hydrogens is 336 g/mol. The van der Waals surface area contributed by atoms with Gasteiger partial charge in [0.05, 0.1) is 19.8 Å². The van der Waals surface area contributed by atoms with E-state index in [1.165, 1.54) is 44.6 Å². The molecule has 0 heterocycles. The molecule has 7 nitrogen and oxygen atoms in total. The first-order chi connectivity index (χ1) is 12.5. The Bertz CT molecular complexity index is 895. The summed E-state index contributed by atoms with van der Waals surface area (Å²) in [5.74, 6) is -0.651. The zero-order valence-electron chi connectivity index (χ0n) is 14.1. The monoisotopic (exact) mass is 352 g/mol. The summed E-state index contributed by atoms with van der Waals surface area (Å²) in [5.41, 5.74) is 0.845. The van der Waals surface area contributed by atoms with Gasteiger partial charge >= 0.3 is 5.97 Å². The molecule has 2 aromatic rings. The van der Waals surface area contributed by atoms with Gasteiger partial charge < -0.3 is 19.9 Å². The highest BCUT2D eigenvalue weighted by molar-refractivity contribution is 6.10. The van der Waals surface area contributed by atoms with E-state index in [4.69, 9.17) is 14.6 Å². The Labute approximate surface area is 150 Å². The van der Waals surface area contributed by atoms with Crippen LogP contribution in [0.15, 0.2) is 48.0 Å². The highest BCUT2D eigenvalue weighted by Gasteiger charge is 2.12. The molecule has 2 aromatic carbocycles. The summed E-state index contributed by atoms with van der Waals surface area (Å²) < 4.78 is 10.4. The van der Waals surface area contributed by atoms with Gasteiger partial charge in [0.15, 0.2) is 0 Å². The molecule has 0 aliphatic heterocycles. The van der Waals surface area contributed by atoms with Crippen molar-refractivity contribution in [3.05, 3.63) is 59.2 Å². The van der Waals surface area contributed by atoms with Crippen LogP contribution < -0.4 is 14.8 Å². The number of hydrogen-bond donors (Lipinski definition) is 2. The number of carbonyl (C=O) groups is 2. The minimum Gasteiger partial charge on any atom is -0.497 e. The van der Waals surface area contributed by atoms with Crippen LogP contribution in [0, 0.1) is 11.3 Å². The second-order valence-electron chi connectivity index (χ2n) is 5.11. The predicted molar refractivity (Wildman–Crippen MR) is 95.2 cm³/mol. The lowest BCUT2D eigenvalue weighted by Gasteiger charge is -2.08. The number of carboxylic acid groups (broad SMARTS) is 1. The van der Waals surface area contributed by atoms with E-state index in [9.17, 15) is 14.9 Å². The first-order valence-corrected chi connectivity index (χ1v) is 7.47. The normalized spacial score (nSPS) is 10.6. The standard InChI is InChI=1S/C19H16N2O5/c1-25-16-7-8-17(26-2)13(10-16)9-14(11-20)18(22)21-15-5-3-12(4-6-15)19(23)24/h3-10H,1-2H3,(H,21,22)(H,23,24)/b14-9+. The van der Waals surface area contributed by atoms with Gasteiger partial charge in [0.25, 0.3) is 5.91 Å². The fourth-order valence-electron chi connectivity index (χ4n) is 2.15. The molecule has 0 unspecified atom stereocenters. The van der Waals surface area contributed by atoms with Crippen molar-refractivity contribution in [2.75, 3.05) is 19.5 Å². The molecule has 0 atom stereocenters. The summed E-state index contributed by atoms with van der Waals surface area (Å²) >= 11 is 0. The van der Waals surface area contributed by atoms with E-state index in [0.29, 0.717) is 22.7 Å². The number of nitrogens with one attached hydrogen (secondary N) is 1.